The maximum Gasteiger partial charge on any atom is 0.124 e. The van der Waals surface area contributed by atoms with Gasteiger partial charge >= 0.3 is 0 Å². The molecule has 0 saturated heterocycles. The third-order valence-electron chi connectivity index (χ3n) is 2.82. The van der Waals surface area contributed by atoms with Gasteiger partial charge in [-0.3, -0.25) is 0 Å². The minimum atomic E-state index is 0.885. The monoisotopic (exact) mass is 239 g/mol. The lowest BCUT2D eigenvalue weighted by Crippen LogP contribution is -2.10. The minimum absolute atomic E-state index is 0.885. The van der Waals surface area contributed by atoms with Crippen molar-refractivity contribution in [1.82, 2.24) is 9.78 Å². The van der Waals surface area contributed by atoms with Gasteiger partial charge in [0.05, 0.1) is 6.20 Å². The van der Waals surface area contributed by atoms with Crippen LogP contribution in [0.2, 0.25) is 0 Å². The van der Waals surface area contributed by atoms with E-state index in [4.69, 9.17) is 0 Å². The van der Waals surface area contributed by atoms with E-state index in [9.17, 15) is 0 Å². The second-order valence-corrected chi connectivity index (χ2v) is 5.71. The van der Waals surface area contributed by atoms with Crippen LogP contribution in [0.25, 0.3) is 0 Å². The molecule has 2 rings (SSSR count). The van der Waals surface area contributed by atoms with E-state index in [0.717, 1.165) is 19.0 Å². The fraction of sp³-hybridized carbons (Fsp3) is 0.750. The van der Waals surface area contributed by atoms with Gasteiger partial charge in [0.2, 0.25) is 0 Å². The largest absolute Gasteiger partial charge is 0.370 e. The minimum Gasteiger partial charge on any atom is -0.370 e. The molecular formula is C12H21N3S. The number of nitrogens with one attached hydrogen (secondary N) is 1. The molecule has 0 atom stereocenters. The highest BCUT2D eigenvalue weighted by molar-refractivity contribution is 7.99. The third-order valence-corrected chi connectivity index (χ3v) is 3.81. The molecule has 0 unspecified atom stereocenters. The molecule has 0 aromatic carbocycles. The molecule has 1 aliphatic rings. The SMILES string of the molecule is CCSCCCNc1ccnn1CC1CC1. The zero-order valence-corrected chi connectivity index (χ0v) is 10.8. The second kappa shape index (κ2) is 6.18. The van der Waals surface area contributed by atoms with Crippen molar-refractivity contribution in [3.8, 4) is 0 Å². The molecule has 3 nitrogen and oxygen atoms in total. The Morgan fingerprint density at radius 1 is 1.56 bits per heavy atom. The molecule has 0 radical (unpaired) electrons. The number of thioether (sulfide) groups is 1. The van der Waals surface area contributed by atoms with E-state index in [-0.39, 0.29) is 0 Å². The van der Waals surface area contributed by atoms with E-state index in [2.05, 4.69) is 28.1 Å². The van der Waals surface area contributed by atoms with Crippen molar-refractivity contribution >= 4 is 17.6 Å². The average molecular weight is 239 g/mol. The van der Waals surface area contributed by atoms with Gasteiger partial charge in [-0.15, -0.1) is 0 Å². The molecule has 1 saturated carbocycles. The molecule has 0 aliphatic heterocycles. The van der Waals surface area contributed by atoms with Crippen LogP contribution in [0.5, 0.6) is 0 Å². The summed E-state index contributed by atoms with van der Waals surface area (Å²) in [6, 6.07) is 2.08. The van der Waals surface area contributed by atoms with Crippen molar-refractivity contribution in [1.29, 1.82) is 0 Å². The number of hydrogen-bond acceptors (Lipinski definition) is 3. The van der Waals surface area contributed by atoms with Gasteiger partial charge in [-0.25, -0.2) is 4.68 Å². The summed E-state index contributed by atoms with van der Waals surface area (Å²) in [6.07, 6.45) is 5.89. The molecule has 1 N–H and O–H groups in total. The second-order valence-electron chi connectivity index (χ2n) is 4.32. The van der Waals surface area contributed by atoms with Crippen LogP contribution in [0.15, 0.2) is 12.3 Å². The van der Waals surface area contributed by atoms with E-state index < -0.39 is 0 Å². The van der Waals surface area contributed by atoms with Gasteiger partial charge in [0.1, 0.15) is 5.82 Å². The number of hydrogen-bond donors (Lipinski definition) is 1. The molecule has 0 spiro atoms. The fourth-order valence-electron chi connectivity index (χ4n) is 1.71. The van der Waals surface area contributed by atoms with Gasteiger partial charge in [0, 0.05) is 19.2 Å². The summed E-state index contributed by atoms with van der Waals surface area (Å²) >= 11 is 2.01. The van der Waals surface area contributed by atoms with Crippen molar-refractivity contribution in [2.45, 2.75) is 32.7 Å². The van der Waals surface area contributed by atoms with E-state index in [0.29, 0.717) is 0 Å². The number of anilines is 1. The smallest absolute Gasteiger partial charge is 0.124 e. The standard InChI is InChI=1S/C12H21N3S/c1-2-16-9-3-7-13-12-6-8-14-15(12)10-11-4-5-11/h6,8,11,13H,2-5,7,9-10H2,1H3. The predicted octanol–water partition coefficient (Wildman–Crippen LogP) is 2.85. The predicted molar refractivity (Wildman–Crippen MR) is 71.1 cm³/mol. The van der Waals surface area contributed by atoms with Crippen molar-refractivity contribution in [3.05, 3.63) is 12.3 Å². The van der Waals surface area contributed by atoms with Crippen LogP contribution in [0.1, 0.15) is 26.2 Å². The quantitative estimate of drug-likeness (QED) is 0.707. The summed E-state index contributed by atoms with van der Waals surface area (Å²) in [7, 11) is 0. The van der Waals surface area contributed by atoms with Crippen LogP contribution in [0.4, 0.5) is 5.82 Å². The van der Waals surface area contributed by atoms with Crippen molar-refractivity contribution in [2.75, 3.05) is 23.4 Å². The molecule has 90 valence electrons. The Morgan fingerprint density at radius 3 is 3.19 bits per heavy atom. The lowest BCUT2D eigenvalue weighted by atomic mass is 10.4. The highest BCUT2D eigenvalue weighted by Gasteiger charge is 2.22. The highest BCUT2D eigenvalue weighted by Crippen LogP contribution is 2.31. The number of rotatable bonds is 8. The van der Waals surface area contributed by atoms with Gasteiger partial charge in [-0.1, -0.05) is 6.92 Å². The van der Waals surface area contributed by atoms with Crippen LogP contribution in [-0.2, 0) is 6.54 Å². The van der Waals surface area contributed by atoms with Gasteiger partial charge < -0.3 is 5.32 Å². The Bertz CT molecular complexity index is 307. The van der Waals surface area contributed by atoms with E-state index >= 15 is 0 Å². The van der Waals surface area contributed by atoms with Gasteiger partial charge in [-0.2, -0.15) is 16.9 Å². The Kier molecular flexibility index (Phi) is 4.57. The van der Waals surface area contributed by atoms with Crippen LogP contribution >= 0.6 is 11.8 Å². The normalized spacial score (nSPS) is 15.3. The molecule has 1 fully saturated rings. The van der Waals surface area contributed by atoms with Crippen molar-refractivity contribution in [2.24, 2.45) is 5.92 Å². The lowest BCUT2D eigenvalue weighted by molar-refractivity contribution is 0.567. The first-order chi connectivity index (χ1) is 7.90. The molecule has 4 heteroatoms. The molecule has 16 heavy (non-hydrogen) atoms. The molecule has 1 aliphatic carbocycles. The Balaban J connectivity index is 1.68. The Labute approximate surface area is 102 Å². The first kappa shape index (κ1) is 11.8. The summed E-state index contributed by atoms with van der Waals surface area (Å²) in [5.41, 5.74) is 0. The van der Waals surface area contributed by atoms with Crippen LogP contribution in [0, 0.1) is 5.92 Å². The van der Waals surface area contributed by atoms with Crippen molar-refractivity contribution < 1.29 is 0 Å². The van der Waals surface area contributed by atoms with E-state index in [1.807, 2.05) is 18.0 Å². The third kappa shape index (κ3) is 3.74. The van der Waals surface area contributed by atoms with Crippen LogP contribution < -0.4 is 5.32 Å². The maximum absolute atomic E-state index is 4.36. The molecule has 1 aromatic rings. The molecule has 1 aromatic heterocycles. The number of aromatic nitrogens is 2. The summed E-state index contributed by atoms with van der Waals surface area (Å²) in [6.45, 7) is 4.37. The zero-order valence-electron chi connectivity index (χ0n) is 9.98. The molecule has 1 heterocycles. The van der Waals surface area contributed by atoms with E-state index in [1.54, 1.807) is 0 Å². The first-order valence-electron chi connectivity index (χ1n) is 6.23. The van der Waals surface area contributed by atoms with Crippen LogP contribution in [0.3, 0.4) is 0 Å². The first-order valence-corrected chi connectivity index (χ1v) is 7.39. The Hall–Kier alpha value is -0.640. The summed E-state index contributed by atoms with van der Waals surface area (Å²) in [5.74, 6) is 4.55. The summed E-state index contributed by atoms with van der Waals surface area (Å²) in [4.78, 5) is 0. The topological polar surface area (TPSA) is 29.9 Å². The Morgan fingerprint density at radius 2 is 2.44 bits per heavy atom. The summed E-state index contributed by atoms with van der Waals surface area (Å²) < 4.78 is 2.12. The lowest BCUT2D eigenvalue weighted by Gasteiger charge is -2.08. The van der Waals surface area contributed by atoms with E-state index in [1.165, 1.54) is 36.6 Å². The molecule has 0 bridgehead atoms. The van der Waals surface area contributed by atoms with Crippen LogP contribution in [-0.4, -0.2) is 27.8 Å². The number of nitrogens with zero attached hydrogens (tertiary/aromatic N) is 2. The highest BCUT2D eigenvalue weighted by atomic mass is 32.2. The van der Waals surface area contributed by atoms with Gasteiger partial charge in [0.25, 0.3) is 0 Å². The van der Waals surface area contributed by atoms with Gasteiger partial charge in [-0.05, 0) is 36.7 Å². The summed E-state index contributed by atoms with van der Waals surface area (Å²) in [5, 5.41) is 7.83. The zero-order chi connectivity index (χ0) is 11.2. The fourth-order valence-corrected chi connectivity index (χ4v) is 2.35. The average Bonchev–Trinajstić information content (AvgIpc) is 2.99. The maximum atomic E-state index is 4.36. The van der Waals surface area contributed by atoms with Gasteiger partial charge in [0.15, 0.2) is 0 Å². The molecular weight excluding hydrogens is 218 g/mol. The molecule has 0 amide bonds. The van der Waals surface area contributed by atoms with Crippen molar-refractivity contribution in [3.63, 3.8) is 0 Å².